The molecule has 8 heteroatoms. The predicted molar refractivity (Wildman–Crippen MR) is 104 cm³/mol. The highest BCUT2D eigenvalue weighted by Crippen LogP contribution is 2.21. The molecule has 6 nitrogen and oxygen atoms in total. The zero-order chi connectivity index (χ0) is 20.1. The van der Waals surface area contributed by atoms with Gasteiger partial charge in [0, 0.05) is 36.8 Å². The first-order chi connectivity index (χ1) is 13.5. The summed E-state index contributed by atoms with van der Waals surface area (Å²) in [6.45, 7) is 1.49. The van der Waals surface area contributed by atoms with Crippen molar-refractivity contribution >= 4 is 23.5 Å². The van der Waals surface area contributed by atoms with Crippen molar-refractivity contribution in [1.82, 2.24) is 15.1 Å². The minimum Gasteiger partial charge on any atom is -0.496 e. The molecule has 0 saturated carbocycles. The molecule has 2 aromatic carbocycles. The zero-order valence-electron chi connectivity index (χ0n) is 15.5. The minimum atomic E-state index is -0.421. The molecular weight excluding hydrogens is 385 g/mol. The van der Waals surface area contributed by atoms with Gasteiger partial charge in [0.1, 0.15) is 18.1 Å². The summed E-state index contributed by atoms with van der Waals surface area (Å²) in [6.07, 6.45) is 0. The molecule has 28 heavy (non-hydrogen) atoms. The topological polar surface area (TPSA) is 61.9 Å². The number of urea groups is 1. The summed E-state index contributed by atoms with van der Waals surface area (Å²) in [5.74, 6) is 0.0261. The molecular formula is C20H21ClFN3O3. The Bertz CT molecular complexity index is 878. The molecule has 0 radical (unpaired) electrons. The van der Waals surface area contributed by atoms with E-state index < -0.39 is 5.82 Å². The minimum absolute atomic E-state index is 0.0262. The van der Waals surface area contributed by atoms with Gasteiger partial charge in [-0.05, 0) is 23.8 Å². The molecule has 0 aliphatic carbocycles. The van der Waals surface area contributed by atoms with Crippen LogP contribution >= 0.6 is 11.6 Å². The van der Waals surface area contributed by atoms with Crippen molar-refractivity contribution in [3.05, 3.63) is 64.4 Å². The molecule has 1 fully saturated rings. The molecule has 1 heterocycles. The molecule has 0 bridgehead atoms. The number of amides is 3. The normalized spacial score (nSPS) is 13.8. The summed E-state index contributed by atoms with van der Waals surface area (Å²) < 4.78 is 18.4. The standard InChI is InChI=1S/C20H21ClFN3O3/c1-28-18-5-3-2-4-14(18)11-23-19(26)13-25-9-8-24(20(25)27)12-15-6-7-16(22)10-17(15)21/h2-7,10H,8-9,11-13H2,1H3,(H,23,26). The van der Waals surface area contributed by atoms with E-state index in [2.05, 4.69) is 5.32 Å². The van der Waals surface area contributed by atoms with E-state index in [1.807, 2.05) is 24.3 Å². The Balaban J connectivity index is 1.52. The maximum atomic E-state index is 13.2. The SMILES string of the molecule is COc1ccccc1CNC(=O)CN1CCN(Cc2ccc(F)cc2Cl)C1=O. The van der Waals surface area contributed by atoms with Gasteiger partial charge in [-0.2, -0.15) is 0 Å². The molecule has 1 aliphatic rings. The van der Waals surface area contributed by atoms with Crippen LogP contribution in [0.25, 0.3) is 0 Å². The van der Waals surface area contributed by atoms with Crippen LogP contribution in [0.15, 0.2) is 42.5 Å². The Kier molecular flexibility index (Phi) is 6.36. The van der Waals surface area contributed by atoms with Gasteiger partial charge in [-0.1, -0.05) is 35.9 Å². The van der Waals surface area contributed by atoms with Crippen LogP contribution in [0.1, 0.15) is 11.1 Å². The van der Waals surface area contributed by atoms with Gasteiger partial charge >= 0.3 is 6.03 Å². The molecule has 0 atom stereocenters. The zero-order valence-corrected chi connectivity index (χ0v) is 16.2. The maximum Gasteiger partial charge on any atom is 0.320 e. The van der Waals surface area contributed by atoms with Crippen LogP contribution in [0.5, 0.6) is 5.75 Å². The summed E-state index contributed by atoms with van der Waals surface area (Å²) in [5, 5.41) is 3.09. The Labute approximate surface area is 167 Å². The van der Waals surface area contributed by atoms with Gasteiger partial charge in [-0.25, -0.2) is 9.18 Å². The lowest BCUT2D eigenvalue weighted by Crippen LogP contribution is -2.39. The van der Waals surface area contributed by atoms with E-state index in [0.717, 1.165) is 5.56 Å². The van der Waals surface area contributed by atoms with E-state index in [-0.39, 0.29) is 30.1 Å². The van der Waals surface area contributed by atoms with E-state index >= 15 is 0 Å². The second-order valence-electron chi connectivity index (χ2n) is 6.45. The first-order valence-corrected chi connectivity index (χ1v) is 9.22. The molecule has 148 valence electrons. The molecule has 3 rings (SSSR count). The van der Waals surface area contributed by atoms with Gasteiger partial charge in [0.25, 0.3) is 0 Å². The molecule has 3 amide bonds. The lowest BCUT2D eigenvalue weighted by atomic mass is 10.2. The smallest absolute Gasteiger partial charge is 0.320 e. The third-order valence-corrected chi connectivity index (χ3v) is 4.91. The highest BCUT2D eigenvalue weighted by molar-refractivity contribution is 6.31. The fraction of sp³-hybridized carbons (Fsp3) is 0.300. The van der Waals surface area contributed by atoms with Crippen molar-refractivity contribution in [1.29, 1.82) is 0 Å². The van der Waals surface area contributed by atoms with E-state index in [4.69, 9.17) is 16.3 Å². The summed E-state index contributed by atoms with van der Waals surface area (Å²) in [6, 6.07) is 11.3. The second-order valence-corrected chi connectivity index (χ2v) is 6.86. The Morgan fingerprint density at radius 2 is 1.93 bits per heavy atom. The molecule has 1 N–H and O–H groups in total. The van der Waals surface area contributed by atoms with Gasteiger partial charge in [-0.3, -0.25) is 4.79 Å². The van der Waals surface area contributed by atoms with E-state index in [9.17, 15) is 14.0 Å². The Morgan fingerprint density at radius 1 is 1.18 bits per heavy atom. The number of hydrogen-bond acceptors (Lipinski definition) is 3. The van der Waals surface area contributed by atoms with Gasteiger partial charge in [-0.15, -0.1) is 0 Å². The van der Waals surface area contributed by atoms with E-state index in [1.54, 1.807) is 18.1 Å². The predicted octanol–water partition coefficient (Wildman–Crippen LogP) is 3.04. The average Bonchev–Trinajstić information content (AvgIpc) is 3.02. The summed E-state index contributed by atoms with van der Waals surface area (Å²) in [5.41, 5.74) is 1.53. The number of carbonyl (C=O) groups is 2. The molecule has 1 aliphatic heterocycles. The fourth-order valence-electron chi connectivity index (χ4n) is 3.05. The number of hydrogen-bond donors (Lipinski definition) is 1. The molecule has 0 unspecified atom stereocenters. The largest absolute Gasteiger partial charge is 0.496 e. The number of methoxy groups -OCH3 is 1. The number of rotatable bonds is 7. The van der Waals surface area contributed by atoms with Gasteiger partial charge in [0.2, 0.25) is 5.91 Å². The van der Waals surface area contributed by atoms with Crippen LogP contribution in [0.2, 0.25) is 5.02 Å². The first-order valence-electron chi connectivity index (χ1n) is 8.84. The van der Waals surface area contributed by atoms with Crippen molar-refractivity contribution in [2.24, 2.45) is 0 Å². The third-order valence-electron chi connectivity index (χ3n) is 4.56. The number of nitrogens with zero attached hydrogens (tertiary/aromatic N) is 2. The Hall–Kier alpha value is -2.80. The summed E-state index contributed by atoms with van der Waals surface area (Å²) in [4.78, 5) is 27.9. The molecule has 0 aromatic heterocycles. The van der Waals surface area contributed by atoms with Crippen molar-refractivity contribution < 1.29 is 18.7 Å². The number of para-hydroxylation sites is 1. The average molecular weight is 406 g/mol. The third kappa shape index (κ3) is 4.72. The highest BCUT2D eigenvalue weighted by Gasteiger charge is 2.30. The van der Waals surface area contributed by atoms with Gasteiger partial charge in [0.15, 0.2) is 0 Å². The monoisotopic (exact) mass is 405 g/mol. The van der Waals surface area contributed by atoms with Crippen molar-refractivity contribution in [3.63, 3.8) is 0 Å². The van der Waals surface area contributed by atoms with Crippen LogP contribution in [0.3, 0.4) is 0 Å². The van der Waals surface area contributed by atoms with Crippen LogP contribution in [0.4, 0.5) is 9.18 Å². The molecule has 1 saturated heterocycles. The maximum absolute atomic E-state index is 13.2. The van der Waals surface area contributed by atoms with Crippen LogP contribution < -0.4 is 10.1 Å². The number of carbonyl (C=O) groups excluding carboxylic acids is 2. The number of nitrogens with one attached hydrogen (secondary N) is 1. The molecule has 2 aromatic rings. The fourth-order valence-corrected chi connectivity index (χ4v) is 3.28. The second kappa shape index (κ2) is 8.93. The number of ether oxygens (including phenoxy) is 1. The van der Waals surface area contributed by atoms with Crippen molar-refractivity contribution in [3.8, 4) is 5.75 Å². The van der Waals surface area contributed by atoms with E-state index in [0.29, 0.717) is 30.9 Å². The summed E-state index contributed by atoms with van der Waals surface area (Å²) >= 11 is 6.03. The van der Waals surface area contributed by atoms with Gasteiger partial charge < -0.3 is 19.9 Å². The lowest BCUT2D eigenvalue weighted by Gasteiger charge is -2.19. The number of benzene rings is 2. The summed E-state index contributed by atoms with van der Waals surface area (Å²) in [7, 11) is 1.57. The first kappa shape index (κ1) is 19.9. The lowest BCUT2D eigenvalue weighted by molar-refractivity contribution is -0.121. The van der Waals surface area contributed by atoms with Crippen LogP contribution in [-0.2, 0) is 17.9 Å². The van der Waals surface area contributed by atoms with E-state index in [1.165, 1.54) is 17.0 Å². The number of halogens is 2. The highest BCUT2D eigenvalue weighted by atomic mass is 35.5. The van der Waals surface area contributed by atoms with Gasteiger partial charge in [0.05, 0.1) is 7.11 Å². The quantitative estimate of drug-likeness (QED) is 0.770. The van der Waals surface area contributed by atoms with Crippen molar-refractivity contribution in [2.45, 2.75) is 13.1 Å². The molecule has 0 spiro atoms. The van der Waals surface area contributed by atoms with Crippen LogP contribution in [-0.4, -0.2) is 48.5 Å². The van der Waals surface area contributed by atoms with Crippen LogP contribution in [0, 0.1) is 5.82 Å². The Morgan fingerprint density at radius 3 is 2.68 bits per heavy atom. The van der Waals surface area contributed by atoms with Crippen molar-refractivity contribution in [2.75, 3.05) is 26.7 Å².